The van der Waals surface area contributed by atoms with Crippen molar-refractivity contribution >= 4 is 17.6 Å². The van der Waals surface area contributed by atoms with E-state index in [1.807, 2.05) is 32.9 Å². The molecule has 0 spiro atoms. The second-order valence-corrected chi connectivity index (χ2v) is 9.37. The largest absolute Gasteiger partial charge is 0.496 e. The smallest absolute Gasteiger partial charge is 0.311 e. The van der Waals surface area contributed by atoms with Gasteiger partial charge in [0.05, 0.1) is 25.7 Å². The van der Waals surface area contributed by atoms with Gasteiger partial charge in [0, 0.05) is 11.6 Å². The highest BCUT2D eigenvalue weighted by Gasteiger charge is 2.26. The molecule has 4 heteroatoms. The molecule has 2 aromatic carbocycles. The van der Waals surface area contributed by atoms with Crippen molar-refractivity contribution in [3.8, 4) is 11.5 Å². The summed E-state index contributed by atoms with van der Waals surface area (Å²) < 4.78 is 17.1. The van der Waals surface area contributed by atoms with Crippen molar-refractivity contribution in [1.29, 1.82) is 0 Å². The van der Waals surface area contributed by atoms with Gasteiger partial charge in [0.15, 0.2) is 0 Å². The Labute approximate surface area is 198 Å². The maximum atomic E-state index is 12.0. The summed E-state index contributed by atoms with van der Waals surface area (Å²) in [5, 5.41) is 0. The fourth-order valence-corrected chi connectivity index (χ4v) is 3.95. The van der Waals surface area contributed by atoms with Crippen LogP contribution in [0.4, 0.5) is 0 Å². The summed E-state index contributed by atoms with van der Waals surface area (Å²) in [5.74, 6) is 1.56. The summed E-state index contributed by atoms with van der Waals surface area (Å²) in [6, 6.07) is 14.8. The van der Waals surface area contributed by atoms with E-state index in [4.69, 9.17) is 14.2 Å². The number of unbranched alkanes of at least 4 members (excludes halogenated alkanes) is 2. The van der Waals surface area contributed by atoms with Gasteiger partial charge >= 0.3 is 5.97 Å². The minimum Gasteiger partial charge on any atom is -0.496 e. The van der Waals surface area contributed by atoms with E-state index in [0.29, 0.717) is 13.2 Å². The lowest BCUT2D eigenvalue weighted by Gasteiger charge is -2.20. The molecule has 0 aliphatic heterocycles. The molecule has 0 atom stereocenters. The third-order valence-corrected chi connectivity index (χ3v) is 6.52. The monoisotopic (exact) mass is 450 g/mol. The zero-order valence-corrected chi connectivity index (χ0v) is 20.6. The zero-order chi connectivity index (χ0) is 23.7. The topological polar surface area (TPSA) is 44.8 Å². The normalized spacial score (nSPS) is 13.5. The second kappa shape index (κ2) is 11.9. The fraction of sp³-hybridized carbons (Fsp3) is 0.483. The van der Waals surface area contributed by atoms with E-state index in [1.54, 1.807) is 7.11 Å². The highest BCUT2D eigenvalue weighted by molar-refractivity contribution is 5.85. The molecule has 3 rings (SSSR count). The van der Waals surface area contributed by atoms with Crippen molar-refractivity contribution in [2.45, 2.75) is 65.7 Å². The second-order valence-electron chi connectivity index (χ2n) is 9.37. The maximum absolute atomic E-state index is 12.0. The minimum absolute atomic E-state index is 0.110. The van der Waals surface area contributed by atoms with Crippen LogP contribution in [-0.2, 0) is 16.0 Å². The van der Waals surface area contributed by atoms with E-state index in [2.05, 4.69) is 36.4 Å². The number of methoxy groups -OCH3 is 1. The summed E-state index contributed by atoms with van der Waals surface area (Å²) in [4.78, 5) is 12.0. The molecule has 0 heterocycles. The number of rotatable bonds is 11. The SMILES string of the molecule is CCC(C)(C)C(=O)OCCCCCOc1ccc(C2=Cc3ccccc3CCC2)c(OC)c1. The molecule has 0 saturated heterocycles. The number of hydrogen-bond donors (Lipinski definition) is 0. The van der Waals surface area contributed by atoms with Crippen molar-refractivity contribution in [2.24, 2.45) is 5.41 Å². The first-order chi connectivity index (χ1) is 15.9. The van der Waals surface area contributed by atoms with Crippen molar-refractivity contribution in [3.63, 3.8) is 0 Å². The van der Waals surface area contributed by atoms with Crippen LogP contribution in [0.5, 0.6) is 11.5 Å². The number of allylic oxidation sites excluding steroid dienone is 1. The predicted molar refractivity (Wildman–Crippen MR) is 135 cm³/mol. The van der Waals surface area contributed by atoms with Crippen LogP contribution in [0.15, 0.2) is 42.5 Å². The Hall–Kier alpha value is -2.75. The molecule has 0 N–H and O–H groups in total. The molecule has 33 heavy (non-hydrogen) atoms. The lowest BCUT2D eigenvalue weighted by molar-refractivity contribution is -0.154. The Bertz CT molecular complexity index is 958. The van der Waals surface area contributed by atoms with Gasteiger partial charge in [-0.1, -0.05) is 37.3 Å². The Morgan fingerprint density at radius 3 is 2.58 bits per heavy atom. The summed E-state index contributed by atoms with van der Waals surface area (Å²) >= 11 is 0. The number of carbonyl (C=O) groups excluding carboxylic acids is 1. The van der Waals surface area contributed by atoms with Gasteiger partial charge in [0.25, 0.3) is 0 Å². The van der Waals surface area contributed by atoms with Crippen LogP contribution in [0.3, 0.4) is 0 Å². The molecule has 0 aromatic heterocycles. The van der Waals surface area contributed by atoms with Crippen molar-refractivity contribution < 1.29 is 19.0 Å². The van der Waals surface area contributed by atoms with E-state index in [-0.39, 0.29) is 5.97 Å². The van der Waals surface area contributed by atoms with Gasteiger partial charge in [-0.2, -0.15) is 0 Å². The van der Waals surface area contributed by atoms with Gasteiger partial charge in [0.1, 0.15) is 11.5 Å². The number of carbonyl (C=O) groups is 1. The maximum Gasteiger partial charge on any atom is 0.311 e. The van der Waals surface area contributed by atoms with Gasteiger partial charge in [0.2, 0.25) is 0 Å². The Balaban J connectivity index is 1.50. The van der Waals surface area contributed by atoms with Crippen molar-refractivity contribution in [3.05, 3.63) is 59.2 Å². The molecule has 0 radical (unpaired) electrons. The average molecular weight is 451 g/mol. The van der Waals surface area contributed by atoms with Gasteiger partial charge in [-0.25, -0.2) is 0 Å². The zero-order valence-electron chi connectivity index (χ0n) is 20.6. The van der Waals surface area contributed by atoms with Crippen molar-refractivity contribution in [2.75, 3.05) is 20.3 Å². The molecule has 1 aliphatic carbocycles. The molecule has 0 saturated carbocycles. The fourth-order valence-electron chi connectivity index (χ4n) is 3.95. The molecular formula is C29H38O4. The number of aryl methyl sites for hydroxylation is 1. The van der Waals surface area contributed by atoms with E-state index in [0.717, 1.165) is 62.0 Å². The third-order valence-electron chi connectivity index (χ3n) is 6.52. The van der Waals surface area contributed by atoms with Crippen LogP contribution in [0.25, 0.3) is 11.6 Å². The van der Waals surface area contributed by atoms with Gasteiger partial charge in [-0.05, 0) is 87.6 Å². The predicted octanol–water partition coefficient (Wildman–Crippen LogP) is 7.10. The Morgan fingerprint density at radius 2 is 1.79 bits per heavy atom. The standard InChI is InChI=1S/C29H38O4/c1-5-29(2,3)28(30)33-19-10-6-9-18-32-25-16-17-26(27(21-25)31-4)24-15-11-14-22-12-7-8-13-23(22)20-24/h7-8,12-13,16-17,20-21H,5-6,9-11,14-15,18-19H2,1-4H3. The van der Waals surface area contributed by atoms with Gasteiger partial charge in [-0.15, -0.1) is 0 Å². The van der Waals surface area contributed by atoms with Crippen LogP contribution in [0.2, 0.25) is 0 Å². The molecule has 0 fully saturated rings. The number of benzene rings is 2. The van der Waals surface area contributed by atoms with Crippen LogP contribution in [0.1, 0.15) is 76.0 Å². The summed E-state index contributed by atoms with van der Waals surface area (Å²) in [5.41, 5.74) is 4.76. The quantitative estimate of drug-likeness (QED) is 0.270. The molecule has 1 aliphatic rings. The first-order valence-corrected chi connectivity index (χ1v) is 12.2. The number of hydrogen-bond acceptors (Lipinski definition) is 4. The average Bonchev–Trinajstić information content (AvgIpc) is 3.05. The van der Waals surface area contributed by atoms with E-state index >= 15 is 0 Å². The number of fused-ring (bicyclic) bond motifs is 1. The minimum atomic E-state index is -0.398. The number of ether oxygens (including phenoxy) is 3. The first-order valence-electron chi connectivity index (χ1n) is 12.2. The van der Waals surface area contributed by atoms with Crippen LogP contribution in [-0.4, -0.2) is 26.3 Å². The lowest BCUT2D eigenvalue weighted by Crippen LogP contribution is -2.26. The summed E-state index contributed by atoms with van der Waals surface area (Å²) in [6.45, 7) is 6.96. The molecule has 4 nitrogen and oxygen atoms in total. The molecular weight excluding hydrogens is 412 g/mol. The molecule has 0 bridgehead atoms. The highest BCUT2D eigenvalue weighted by Crippen LogP contribution is 2.36. The van der Waals surface area contributed by atoms with Gasteiger partial charge < -0.3 is 14.2 Å². The van der Waals surface area contributed by atoms with Crippen LogP contribution >= 0.6 is 0 Å². The van der Waals surface area contributed by atoms with E-state index in [9.17, 15) is 4.79 Å². The van der Waals surface area contributed by atoms with Gasteiger partial charge in [-0.3, -0.25) is 4.79 Å². The van der Waals surface area contributed by atoms with Crippen LogP contribution < -0.4 is 9.47 Å². The summed E-state index contributed by atoms with van der Waals surface area (Å²) in [6.07, 6.45) is 9.09. The summed E-state index contributed by atoms with van der Waals surface area (Å²) in [7, 11) is 1.72. The van der Waals surface area contributed by atoms with E-state index < -0.39 is 5.41 Å². The van der Waals surface area contributed by atoms with Crippen molar-refractivity contribution in [1.82, 2.24) is 0 Å². The lowest BCUT2D eigenvalue weighted by atomic mass is 9.91. The Kier molecular flexibility index (Phi) is 8.99. The molecule has 0 unspecified atom stereocenters. The molecule has 2 aromatic rings. The third kappa shape index (κ3) is 6.86. The van der Waals surface area contributed by atoms with E-state index in [1.165, 1.54) is 16.7 Å². The number of esters is 1. The molecule has 0 amide bonds. The highest BCUT2D eigenvalue weighted by atomic mass is 16.5. The molecule has 178 valence electrons. The first kappa shape index (κ1) is 24.9. The Morgan fingerprint density at radius 1 is 1.00 bits per heavy atom. The van der Waals surface area contributed by atoms with Crippen LogP contribution in [0, 0.1) is 5.41 Å².